The number of hydrogen-bond donors (Lipinski definition) is 0. The van der Waals surface area contributed by atoms with Crippen molar-refractivity contribution in [2.24, 2.45) is 5.41 Å². The largest absolute Gasteiger partial charge is 0.466 e. The van der Waals surface area contributed by atoms with E-state index in [9.17, 15) is 9.59 Å². The Hall–Kier alpha value is -0.710. The first-order valence-corrected chi connectivity index (χ1v) is 7.82. The molecular weight excluding hydrogens is 250 g/mol. The Morgan fingerprint density at radius 2 is 2.33 bits per heavy atom. The molecule has 1 unspecified atom stereocenters. The van der Waals surface area contributed by atoms with Gasteiger partial charge in [-0.05, 0) is 32.4 Å². The van der Waals surface area contributed by atoms with E-state index in [1.165, 1.54) is 0 Å². The summed E-state index contributed by atoms with van der Waals surface area (Å²) >= 11 is 1.54. The lowest BCUT2D eigenvalue weighted by molar-refractivity contribution is -0.164. The van der Waals surface area contributed by atoms with Gasteiger partial charge in [0, 0.05) is 13.1 Å². The summed E-state index contributed by atoms with van der Waals surface area (Å²) in [6, 6.07) is 0.0347. The van der Waals surface area contributed by atoms with Gasteiger partial charge >= 0.3 is 5.97 Å². The minimum absolute atomic E-state index is 0.0347. The van der Waals surface area contributed by atoms with Crippen molar-refractivity contribution in [3.63, 3.8) is 0 Å². The number of amides is 1. The summed E-state index contributed by atoms with van der Waals surface area (Å²) < 4.78 is 5.28. The molecule has 0 aromatic carbocycles. The van der Waals surface area contributed by atoms with E-state index in [0.717, 1.165) is 19.3 Å². The first kappa shape index (κ1) is 13.7. The van der Waals surface area contributed by atoms with Gasteiger partial charge in [0.2, 0.25) is 5.91 Å². The SMILES string of the molecule is CCOC(=O)[C@]12CCC[C@H]1N(C)C(=O)C(SC)C2. The maximum Gasteiger partial charge on any atom is 0.314 e. The normalized spacial score (nSPS) is 35.5. The van der Waals surface area contributed by atoms with Crippen LogP contribution < -0.4 is 0 Å². The van der Waals surface area contributed by atoms with Crippen LogP contribution in [-0.4, -0.2) is 48.0 Å². The predicted molar refractivity (Wildman–Crippen MR) is 71.4 cm³/mol. The molecule has 3 atom stereocenters. The van der Waals surface area contributed by atoms with Gasteiger partial charge < -0.3 is 9.64 Å². The van der Waals surface area contributed by atoms with E-state index in [-0.39, 0.29) is 23.2 Å². The van der Waals surface area contributed by atoms with E-state index in [1.54, 1.807) is 16.7 Å². The summed E-state index contributed by atoms with van der Waals surface area (Å²) in [7, 11) is 1.83. The van der Waals surface area contributed by atoms with Gasteiger partial charge in [-0.1, -0.05) is 6.42 Å². The summed E-state index contributed by atoms with van der Waals surface area (Å²) in [6.45, 7) is 2.25. The lowest BCUT2D eigenvalue weighted by Crippen LogP contribution is -2.58. The number of ether oxygens (including phenoxy) is 1. The second kappa shape index (κ2) is 5.11. The van der Waals surface area contributed by atoms with E-state index in [1.807, 2.05) is 20.2 Å². The fraction of sp³-hybridized carbons (Fsp3) is 0.846. The van der Waals surface area contributed by atoms with Gasteiger partial charge in [0.25, 0.3) is 0 Å². The van der Waals surface area contributed by atoms with Crippen LogP contribution in [0.2, 0.25) is 0 Å². The zero-order valence-corrected chi connectivity index (χ0v) is 12.1. The third-order valence-electron chi connectivity index (χ3n) is 4.35. The highest BCUT2D eigenvalue weighted by molar-refractivity contribution is 7.99. The van der Waals surface area contributed by atoms with Crippen LogP contribution in [0.15, 0.2) is 0 Å². The second-order valence-corrected chi connectivity index (χ2v) is 6.20. The molecule has 2 fully saturated rings. The number of esters is 1. The molecule has 0 bridgehead atoms. The molecule has 1 amide bonds. The molecule has 1 heterocycles. The average molecular weight is 271 g/mol. The quantitative estimate of drug-likeness (QED) is 0.733. The smallest absolute Gasteiger partial charge is 0.314 e. The lowest BCUT2D eigenvalue weighted by Gasteiger charge is -2.45. The summed E-state index contributed by atoms with van der Waals surface area (Å²) in [5, 5.41) is -0.103. The van der Waals surface area contributed by atoms with Crippen molar-refractivity contribution < 1.29 is 14.3 Å². The minimum atomic E-state index is -0.452. The number of hydrogen-bond acceptors (Lipinski definition) is 4. The van der Waals surface area contributed by atoms with Crippen LogP contribution in [0.5, 0.6) is 0 Å². The number of likely N-dealkylation sites (tertiary alicyclic amines) is 1. The fourth-order valence-electron chi connectivity index (χ4n) is 3.44. The molecule has 1 aliphatic heterocycles. The van der Waals surface area contributed by atoms with E-state index in [4.69, 9.17) is 4.74 Å². The Morgan fingerprint density at radius 1 is 1.61 bits per heavy atom. The van der Waals surface area contributed by atoms with Crippen molar-refractivity contribution in [3.8, 4) is 0 Å². The monoisotopic (exact) mass is 271 g/mol. The van der Waals surface area contributed by atoms with Crippen molar-refractivity contribution in [2.75, 3.05) is 19.9 Å². The van der Waals surface area contributed by atoms with Gasteiger partial charge in [0.1, 0.15) is 0 Å². The molecule has 0 radical (unpaired) electrons. The summed E-state index contributed by atoms with van der Waals surface area (Å²) in [4.78, 5) is 26.3. The molecule has 0 N–H and O–H groups in total. The first-order valence-electron chi connectivity index (χ1n) is 6.53. The van der Waals surface area contributed by atoms with Crippen LogP contribution in [0, 0.1) is 5.41 Å². The highest BCUT2D eigenvalue weighted by Crippen LogP contribution is 2.50. The molecule has 1 aliphatic carbocycles. The molecule has 4 nitrogen and oxygen atoms in total. The molecule has 2 aliphatic rings. The van der Waals surface area contributed by atoms with Gasteiger partial charge in [-0.3, -0.25) is 9.59 Å². The number of piperidine rings is 1. The van der Waals surface area contributed by atoms with Crippen LogP contribution in [0.3, 0.4) is 0 Å². The Bertz CT molecular complexity index is 360. The van der Waals surface area contributed by atoms with E-state index in [2.05, 4.69) is 0 Å². The van der Waals surface area contributed by atoms with Crippen molar-refractivity contribution >= 4 is 23.6 Å². The number of rotatable bonds is 3. The van der Waals surface area contributed by atoms with Gasteiger partial charge in [0.05, 0.1) is 17.3 Å². The number of carbonyl (C=O) groups is 2. The van der Waals surface area contributed by atoms with E-state index in [0.29, 0.717) is 13.0 Å². The number of fused-ring (bicyclic) bond motifs is 1. The Balaban J connectivity index is 2.31. The number of nitrogens with zero attached hydrogens (tertiary/aromatic N) is 1. The van der Waals surface area contributed by atoms with Gasteiger partial charge in [-0.25, -0.2) is 0 Å². The Morgan fingerprint density at radius 3 is 2.94 bits per heavy atom. The maximum atomic E-state index is 12.3. The van der Waals surface area contributed by atoms with Crippen LogP contribution in [0.1, 0.15) is 32.6 Å². The molecule has 0 spiro atoms. The number of thioether (sulfide) groups is 1. The molecule has 102 valence electrons. The van der Waals surface area contributed by atoms with Gasteiger partial charge in [0.15, 0.2) is 0 Å². The predicted octanol–water partition coefficient (Wildman–Crippen LogP) is 1.68. The van der Waals surface area contributed by atoms with Crippen LogP contribution >= 0.6 is 11.8 Å². The average Bonchev–Trinajstić information content (AvgIpc) is 2.79. The molecule has 18 heavy (non-hydrogen) atoms. The molecular formula is C13H21NO3S. The second-order valence-electron chi connectivity index (χ2n) is 5.16. The van der Waals surface area contributed by atoms with Gasteiger partial charge in [-0.2, -0.15) is 11.8 Å². The molecule has 1 saturated heterocycles. The fourth-order valence-corrected chi connectivity index (χ4v) is 4.27. The summed E-state index contributed by atoms with van der Waals surface area (Å²) in [6.07, 6.45) is 5.35. The third kappa shape index (κ3) is 1.92. The van der Waals surface area contributed by atoms with Crippen molar-refractivity contribution in [3.05, 3.63) is 0 Å². The molecule has 1 saturated carbocycles. The standard InChI is InChI=1S/C13H21NO3S/c1-4-17-12(16)13-7-5-6-10(13)14(2)11(15)9(8-13)18-3/h9-10H,4-8H2,1-3H3/t9?,10-,13+/m1/s1. The number of carbonyl (C=O) groups excluding carboxylic acids is 2. The van der Waals surface area contributed by atoms with Crippen molar-refractivity contribution in [2.45, 2.75) is 43.9 Å². The van der Waals surface area contributed by atoms with E-state index < -0.39 is 5.41 Å². The topological polar surface area (TPSA) is 46.6 Å². The summed E-state index contributed by atoms with van der Waals surface area (Å²) in [5.74, 6) is 0.0558. The van der Waals surface area contributed by atoms with Crippen LogP contribution in [0.4, 0.5) is 0 Å². The highest BCUT2D eigenvalue weighted by atomic mass is 32.2. The molecule has 2 rings (SSSR count). The Kier molecular flexibility index (Phi) is 3.90. The zero-order chi connectivity index (χ0) is 13.3. The van der Waals surface area contributed by atoms with Gasteiger partial charge in [-0.15, -0.1) is 0 Å². The third-order valence-corrected chi connectivity index (χ3v) is 5.28. The Labute approximate surface area is 112 Å². The maximum absolute atomic E-state index is 12.3. The molecule has 0 aromatic heterocycles. The zero-order valence-electron chi connectivity index (χ0n) is 11.3. The van der Waals surface area contributed by atoms with E-state index >= 15 is 0 Å². The molecule has 0 aromatic rings. The molecule has 5 heteroatoms. The summed E-state index contributed by atoms with van der Waals surface area (Å²) in [5.41, 5.74) is -0.452. The van der Waals surface area contributed by atoms with Crippen molar-refractivity contribution in [1.82, 2.24) is 4.90 Å². The van der Waals surface area contributed by atoms with Crippen LogP contribution in [-0.2, 0) is 14.3 Å². The van der Waals surface area contributed by atoms with Crippen molar-refractivity contribution in [1.29, 1.82) is 0 Å². The first-order chi connectivity index (χ1) is 8.56. The lowest BCUT2D eigenvalue weighted by atomic mass is 9.74. The minimum Gasteiger partial charge on any atom is -0.466 e. The highest BCUT2D eigenvalue weighted by Gasteiger charge is 2.57. The van der Waals surface area contributed by atoms with Crippen LogP contribution in [0.25, 0.3) is 0 Å².